The first-order valence-corrected chi connectivity index (χ1v) is 4.84. The van der Waals surface area contributed by atoms with E-state index in [9.17, 15) is 14.0 Å². The zero-order valence-electron chi connectivity index (χ0n) is 8.88. The van der Waals surface area contributed by atoms with E-state index in [4.69, 9.17) is 5.11 Å². The highest BCUT2D eigenvalue weighted by atomic mass is 19.1. The van der Waals surface area contributed by atoms with Gasteiger partial charge in [0, 0.05) is 6.07 Å². The molecule has 0 atom stereocenters. The molecule has 2 aromatic rings. The minimum atomic E-state index is -1.34. The number of halogens is 1. The molecule has 2 rings (SSSR count). The maximum Gasteiger partial charge on any atom is 0.374 e. The number of nitrogens with one attached hydrogen (secondary N) is 1. The monoisotopic (exact) mass is 250 g/mol. The third-order valence-corrected chi connectivity index (χ3v) is 2.08. The molecule has 1 heterocycles. The molecule has 0 spiro atoms. The van der Waals surface area contributed by atoms with Crippen LogP contribution in [-0.4, -0.2) is 22.1 Å². The molecule has 1 aromatic carbocycles. The minimum absolute atomic E-state index is 0.0256. The van der Waals surface area contributed by atoms with Crippen molar-refractivity contribution in [3.05, 3.63) is 47.6 Å². The van der Waals surface area contributed by atoms with Gasteiger partial charge in [-0.3, -0.25) is 4.79 Å². The minimum Gasteiger partial charge on any atom is -0.475 e. The average molecular weight is 250 g/mol. The SMILES string of the molecule is O=C(Nc1ccccc1F)c1cc(C(=O)O)on1. The van der Waals surface area contributed by atoms with E-state index in [1.165, 1.54) is 18.2 Å². The van der Waals surface area contributed by atoms with Gasteiger partial charge in [-0.15, -0.1) is 0 Å². The summed E-state index contributed by atoms with van der Waals surface area (Å²) >= 11 is 0. The van der Waals surface area contributed by atoms with Crippen molar-refractivity contribution in [2.24, 2.45) is 0 Å². The van der Waals surface area contributed by atoms with Gasteiger partial charge in [0.25, 0.3) is 5.91 Å². The van der Waals surface area contributed by atoms with Crippen LogP contribution in [-0.2, 0) is 0 Å². The molecular weight excluding hydrogens is 243 g/mol. The number of aromatic nitrogens is 1. The molecule has 1 amide bonds. The van der Waals surface area contributed by atoms with Crippen LogP contribution < -0.4 is 5.32 Å². The molecule has 7 heteroatoms. The van der Waals surface area contributed by atoms with Crippen LogP contribution in [0.4, 0.5) is 10.1 Å². The van der Waals surface area contributed by atoms with Crippen LogP contribution in [0.3, 0.4) is 0 Å². The maximum atomic E-state index is 13.2. The van der Waals surface area contributed by atoms with Crippen molar-refractivity contribution in [2.45, 2.75) is 0 Å². The van der Waals surface area contributed by atoms with Crippen LogP contribution in [0.2, 0.25) is 0 Å². The fourth-order valence-electron chi connectivity index (χ4n) is 1.23. The summed E-state index contributed by atoms with van der Waals surface area (Å²) in [6.07, 6.45) is 0. The normalized spacial score (nSPS) is 10.1. The highest BCUT2D eigenvalue weighted by molar-refractivity contribution is 6.03. The Morgan fingerprint density at radius 1 is 1.33 bits per heavy atom. The molecule has 0 fully saturated rings. The Hall–Kier alpha value is -2.70. The van der Waals surface area contributed by atoms with Gasteiger partial charge in [-0.2, -0.15) is 0 Å². The van der Waals surface area contributed by atoms with E-state index in [0.717, 1.165) is 6.07 Å². The van der Waals surface area contributed by atoms with Crippen LogP contribution in [0.15, 0.2) is 34.9 Å². The fourth-order valence-corrected chi connectivity index (χ4v) is 1.23. The summed E-state index contributed by atoms with van der Waals surface area (Å²) in [5.41, 5.74) is -0.266. The number of hydrogen-bond donors (Lipinski definition) is 2. The number of carbonyl (C=O) groups excluding carboxylic acids is 1. The molecule has 0 unspecified atom stereocenters. The summed E-state index contributed by atoms with van der Waals surface area (Å²) in [5, 5.41) is 14.1. The maximum absolute atomic E-state index is 13.2. The van der Waals surface area contributed by atoms with E-state index in [-0.39, 0.29) is 11.4 Å². The quantitative estimate of drug-likeness (QED) is 0.865. The molecule has 1 aromatic heterocycles. The number of hydrogen-bond acceptors (Lipinski definition) is 4. The molecule has 0 aliphatic heterocycles. The molecule has 0 radical (unpaired) electrons. The lowest BCUT2D eigenvalue weighted by molar-refractivity contribution is 0.0651. The number of nitrogens with zero attached hydrogens (tertiary/aromatic N) is 1. The third kappa shape index (κ3) is 2.34. The van der Waals surface area contributed by atoms with E-state index in [1.54, 1.807) is 6.07 Å². The summed E-state index contributed by atoms with van der Waals surface area (Å²) in [6.45, 7) is 0. The van der Waals surface area contributed by atoms with E-state index in [0.29, 0.717) is 0 Å². The van der Waals surface area contributed by atoms with Gasteiger partial charge >= 0.3 is 5.97 Å². The first kappa shape index (κ1) is 11.8. The van der Waals surface area contributed by atoms with Gasteiger partial charge in [-0.25, -0.2) is 9.18 Å². The summed E-state index contributed by atoms with van der Waals surface area (Å²) < 4.78 is 17.7. The Morgan fingerprint density at radius 2 is 2.06 bits per heavy atom. The molecule has 6 nitrogen and oxygen atoms in total. The highest BCUT2D eigenvalue weighted by Crippen LogP contribution is 2.14. The molecule has 0 aliphatic carbocycles. The van der Waals surface area contributed by atoms with E-state index in [1.807, 2.05) is 0 Å². The Bertz CT molecular complexity index is 609. The van der Waals surface area contributed by atoms with Crippen molar-refractivity contribution in [2.75, 3.05) is 5.32 Å². The van der Waals surface area contributed by atoms with Gasteiger partial charge in [0.05, 0.1) is 5.69 Å². The van der Waals surface area contributed by atoms with Crippen molar-refractivity contribution in [1.29, 1.82) is 0 Å². The first-order chi connectivity index (χ1) is 8.58. The third-order valence-electron chi connectivity index (χ3n) is 2.08. The van der Waals surface area contributed by atoms with Crippen LogP contribution >= 0.6 is 0 Å². The van der Waals surface area contributed by atoms with Gasteiger partial charge in [-0.05, 0) is 12.1 Å². The standard InChI is InChI=1S/C11H7FN2O4/c12-6-3-1-2-4-7(6)13-10(15)8-5-9(11(16)17)18-14-8/h1-5H,(H,13,15)(H,16,17). The van der Waals surface area contributed by atoms with Crippen molar-refractivity contribution in [3.63, 3.8) is 0 Å². The average Bonchev–Trinajstić information content (AvgIpc) is 2.81. The number of amides is 1. The number of carbonyl (C=O) groups is 2. The Balaban J connectivity index is 2.17. The molecule has 0 bridgehead atoms. The predicted octanol–water partition coefficient (Wildman–Crippen LogP) is 1.76. The molecule has 0 saturated heterocycles. The predicted molar refractivity (Wildman–Crippen MR) is 57.8 cm³/mol. The molecule has 0 aliphatic rings. The number of anilines is 1. The lowest BCUT2D eigenvalue weighted by Gasteiger charge is -2.02. The fraction of sp³-hybridized carbons (Fsp3) is 0. The number of aromatic carboxylic acids is 1. The lowest BCUT2D eigenvalue weighted by atomic mass is 10.3. The summed E-state index contributed by atoms with van der Waals surface area (Å²) in [5.74, 6) is -3.16. The van der Waals surface area contributed by atoms with E-state index < -0.39 is 23.5 Å². The van der Waals surface area contributed by atoms with Crippen molar-refractivity contribution in [3.8, 4) is 0 Å². The topological polar surface area (TPSA) is 92.4 Å². The largest absolute Gasteiger partial charge is 0.475 e. The van der Waals surface area contributed by atoms with Crippen molar-refractivity contribution < 1.29 is 23.6 Å². The lowest BCUT2D eigenvalue weighted by Crippen LogP contribution is -2.13. The number of rotatable bonds is 3. The Kier molecular flexibility index (Phi) is 3.05. The molecule has 2 N–H and O–H groups in total. The van der Waals surface area contributed by atoms with Crippen molar-refractivity contribution >= 4 is 17.6 Å². The van der Waals surface area contributed by atoms with E-state index in [2.05, 4.69) is 15.0 Å². The van der Waals surface area contributed by atoms with Gasteiger partial charge in [0.15, 0.2) is 5.69 Å². The molecule has 18 heavy (non-hydrogen) atoms. The zero-order valence-corrected chi connectivity index (χ0v) is 8.88. The number of carboxylic acid groups (broad SMARTS) is 1. The number of carboxylic acids is 1. The molecular formula is C11H7FN2O4. The van der Waals surface area contributed by atoms with Crippen molar-refractivity contribution in [1.82, 2.24) is 5.16 Å². The van der Waals surface area contributed by atoms with Crippen LogP contribution in [0.5, 0.6) is 0 Å². The summed E-state index contributed by atoms with van der Waals surface area (Å²) in [4.78, 5) is 22.1. The Morgan fingerprint density at radius 3 is 2.67 bits per heavy atom. The number of para-hydroxylation sites is 1. The highest BCUT2D eigenvalue weighted by Gasteiger charge is 2.17. The molecule has 0 saturated carbocycles. The van der Waals surface area contributed by atoms with Crippen LogP contribution in [0.1, 0.15) is 21.0 Å². The second-order valence-corrected chi connectivity index (χ2v) is 3.32. The Labute approximate surface area is 100 Å². The van der Waals surface area contributed by atoms with Crippen LogP contribution in [0, 0.1) is 5.82 Å². The van der Waals surface area contributed by atoms with Crippen LogP contribution in [0.25, 0.3) is 0 Å². The van der Waals surface area contributed by atoms with Gasteiger partial charge in [0.1, 0.15) is 5.82 Å². The zero-order chi connectivity index (χ0) is 13.1. The summed E-state index contributed by atoms with van der Waals surface area (Å²) in [7, 11) is 0. The van der Waals surface area contributed by atoms with E-state index >= 15 is 0 Å². The second kappa shape index (κ2) is 4.66. The number of benzene rings is 1. The first-order valence-electron chi connectivity index (χ1n) is 4.84. The van der Waals surface area contributed by atoms with Gasteiger partial charge in [-0.1, -0.05) is 17.3 Å². The van der Waals surface area contributed by atoms with Gasteiger partial charge < -0.3 is 14.9 Å². The molecule has 92 valence electrons. The summed E-state index contributed by atoms with van der Waals surface area (Å²) in [6, 6.07) is 6.53. The van der Waals surface area contributed by atoms with Gasteiger partial charge in [0.2, 0.25) is 5.76 Å². The smallest absolute Gasteiger partial charge is 0.374 e. The second-order valence-electron chi connectivity index (χ2n) is 3.32.